The zero-order valence-corrected chi connectivity index (χ0v) is 11.1. The van der Waals surface area contributed by atoms with E-state index in [9.17, 15) is 0 Å². The van der Waals surface area contributed by atoms with Crippen LogP contribution < -0.4 is 10.5 Å². The molecule has 2 aromatic heterocycles. The molecule has 0 aliphatic carbocycles. The number of nitrogens with two attached hydrogens (primary N) is 1. The van der Waals surface area contributed by atoms with Crippen molar-refractivity contribution in [3.8, 4) is 5.75 Å². The van der Waals surface area contributed by atoms with Crippen molar-refractivity contribution >= 4 is 23.1 Å². The van der Waals surface area contributed by atoms with Crippen molar-refractivity contribution in [2.75, 3.05) is 12.8 Å². The fraction of sp³-hybridized carbons (Fsp3) is 0.0769. The Kier molecular flexibility index (Phi) is 3.00. The van der Waals surface area contributed by atoms with E-state index in [1.807, 2.05) is 47.0 Å². The molecule has 2 N–H and O–H groups in total. The second-order valence-electron chi connectivity index (χ2n) is 3.92. The number of benzene rings is 1. The number of ether oxygens (including phenoxy) is 1. The van der Waals surface area contributed by atoms with E-state index in [1.54, 1.807) is 7.11 Å². The molecule has 5 nitrogen and oxygen atoms in total. The predicted octanol–water partition coefficient (Wildman–Crippen LogP) is 2.47. The van der Waals surface area contributed by atoms with Crippen LogP contribution in [0.5, 0.6) is 5.75 Å². The van der Waals surface area contributed by atoms with Gasteiger partial charge < -0.3 is 10.5 Å². The fourth-order valence-corrected chi connectivity index (χ4v) is 2.60. The fourth-order valence-electron chi connectivity index (χ4n) is 1.75. The number of nitrogens with zero attached hydrogens (tertiary/aromatic N) is 3. The van der Waals surface area contributed by atoms with Crippen molar-refractivity contribution in [3.05, 3.63) is 42.6 Å². The minimum Gasteiger partial charge on any atom is -0.495 e. The first-order valence-electron chi connectivity index (χ1n) is 5.69. The molecule has 3 aromatic rings. The number of hydrogen-bond donors (Lipinski definition) is 1. The summed E-state index contributed by atoms with van der Waals surface area (Å²) in [6.07, 6.45) is 1.94. The van der Waals surface area contributed by atoms with Crippen LogP contribution in [0.2, 0.25) is 0 Å². The van der Waals surface area contributed by atoms with E-state index in [2.05, 4.69) is 10.2 Å². The lowest BCUT2D eigenvalue weighted by molar-refractivity contribution is 0.416. The molecule has 0 atom stereocenters. The van der Waals surface area contributed by atoms with Crippen LogP contribution in [0.4, 0.5) is 5.69 Å². The molecule has 1 aromatic carbocycles. The Balaban J connectivity index is 1.97. The number of methoxy groups -OCH3 is 1. The number of pyridine rings is 1. The number of rotatable bonds is 3. The third-order valence-corrected chi connectivity index (χ3v) is 3.65. The first kappa shape index (κ1) is 11.9. The molecule has 0 bridgehead atoms. The number of anilines is 1. The topological polar surface area (TPSA) is 65.4 Å². The first-order chi connectivity index (χ1) is 9.28. The Labute approximate surface area is 114 Å². The van der Waals surface area contributed by atoms with Gasteiger partial charge in [0.2, 0.25) is 0 Å². The highest BCUT2D eigenvalue weighted by molar-refractivity contribution is 7.99. The average Bonchev–Trinajstić information content (AvgIpc) is 2.84. The molecular formula is C13H12N4OS. The summed E-state index contributed by atoms with van der Waals surface area (Å²) in [7, 11) is 1.60. The average molecular weight is 272 g/mol. The quantitative estimate of drug-likeness (QED) is 0.742. The highest BCUT2D eigenvalue weighted by Gasteiger charge is 2.08. The van der Waals surface area contributed by atoms with Crippen molar-refractivity contribution in [2.45, 2.75) is 10.1 Å². The molecule has 0 radical (unpaired) electrons. The summed E-state index contributed by atoms with van der Waals surface area (Å²) in [5, 5.41) is 9.09. The van der Waals surface area contributed by atoms with Crippen LogP contribution in [0, 0.1) is 0 Å². The molecule has 0 saturated heterocycles. The van der Waals surface area contributed by atoms with Crippen LogP contribution in [-0.4, -0.2) is 21.7 Å². The zero-order valence-electron chi connectivity index (χ0n) is 10.3. The number of nitrogen functional groups attached to an aromatic ring is 1. The monoisotopic (exact) mass is 272 g/mol. The minimum atomic E-state index is 0.623. The molecule has 0 fully saturated rings. The summed E-state index contributed by atoms with van der Waals surface area (Å²) in [4.78, 5) is 1.00. The summed E-state index contributed by atoms with van der Waals surface area (Å²) >= 11 is 1.52. The Bertz CT molecular complexity index is 725. The van der Waals surface area contributed by atoms with Crippen LogP contribution in [0.1, 0.15) is 0 Å². The Morgan fingerprint density at radius 3 is 2.95 bits per heavy atom. The molecule has 0 saturated carbocycles. The lowest BCUT2D eigenvalue weighted by atomic mass is 10.3. The highest BCUT2D eigenvalue weighted by Crippen LogP contribution is 2.32. The zero-order chi connectivity index (χ0) is 13.2. The Hall–Kier alpha value is -2.21. The molecule has 0 aliphatic heterocycles. The second kappa shape index (κ2) is 4.81. The second-order valence-corrected chi connectivity index (χ2v) is 4.96. The van der Waals surface area contributed by atoms with Gasteiger partial charge in [-0.3, -0.25) is 4.40 Å². The maximum atomic E-state index is 5.80. The number of fused-ring (bicyclic) bond motifs is 1. The van der Waals surface area contributed by atoms with Crippen molar-refractivity contribution in [2.24, 2.45) is 0 Å². The SMILES string of the molecule is COc1cc(Sc2nnc3ccccn23)ccc1N. The summed E-state index contributed by atoms with van der Waals surface area (Å²) in [6, 6.07) is 11.5. The summed E-state index contributed by atoms with van der Waals surface area (Å²) in [5.41, 5.74) is 7.25. The van der Waals surface area contributed by atoms with Crippen molar-refractivity contribution in [1.29, 1.82) is 0 Å². The summed E-state index contributed by atoms with van der Waals surface area (Å²) < 4.78 is 7.15. The van der Waals surface area contributed by atoms with Gasteiger partial charge >= 0.3 is 0 Å². The molecule has 96 valence electrons. The van der Waals surface area contributed by atoms with Crippen molar-refractivity contribution in [3.63, 3.8) is 0 Å². The van der Waals surface area contributed by atoms with E-state index < -0.39 is 0 Å². The lowest BCUT2D eigenvalue weighted by Gasteiger charge is -2.06. The van der Waals surface area contributed by atoms with Crippen LogP contribution in [0.15, 0.2) is 52.6 Å². The molecule has 3 rings (SSSR count). The molecule has 0 unspecified atom stereocenters. The van der Waals surface area contributed by atoms with E-state index in [-0.39, 0.29) is 0 Å². The molecule has 0 aliphatic rings. The third-order valence-electron chi connectivity index (χ3n) is 2.70. The Morgan fingerprint density at radius 1 is 1.21 bits per heavy atom. The predicted molar refractivity (Wildman–Crippen MR) is 74.5 cm³/mol. The number of aromatic nitrogens is 3. The molecule has 0 spiro atoms. The van der Waals surface area contributed by atoms with E-state index in [1.165, 1.54) is 11.8 Å². The molecule has 6 heteroatoms. The van der Waals surface area contributed by atoms with Gasteiger partial charge in [-0.1, -0.05) is 6.07 Å². The van der Waals surface area contributed by atoms with Gasteiger partial charge in [-0.25, -0.2) is 0 Å². The van der Waals surface area contributed by atoms with Gasteiger partial charge in [-0.2, -0.15) is 0 Å². The maximum absolute atomic E-state index is 5.80. The largest absolute Gasteiger partial charge is 0.495 e. The molecule has 19 heavy (non-hydrogen) atoms. The van der Waals surface area contributed by atoms with Gasteiger partial charge in [-0.05, 0) is 42.1 Å². The van der Waals surface area contributed by atoms with E-state index >= 15 is 0 Å². The third kappa shape index (κ3) is 2.22. The van der Waals surface area contributed by atoms with Gasteiger partial charge in [0.15, 0.2) is 10.8 Å². The normalized spacial score (nSPS) is 10.8. The standard InChI is InChI=1S/C13H12N4OS/c1-18-11-8-9(5-6-10(11)14)19-13-16-15-12-4-2-3-7-17(12)13/h2-8H,14H2,1H3. The molecule has 2 heterocycles. The summed E-state index contributed by atoms with van der Waals surface area (Å²) in [5.74, 6) is 0.666. The molecular weight excluding hydrogens is 260 g/mol. The van der Waals surface area contributed by atoms with Gasteiger partial charge in [-0.15, -0.1) is 10.2 Å². The Morgan fingerprint density at radius 2 is 2.11 bits per heavy atom. The lowest BCUT2D eigenvalue weighted by Crippen LogP contribution is -1.92. The van der Waals surface area contributed by atoms with Gasteiger partial charge in [0.25, 0.3) is 0 Å². The van der Waals surface area contributed by atoms with Crippen molar-refractivity contribution in [1.82, 2.24) is 14.6 Å². The van der Waals surface area contributed by atoms with Gasteiger partial charge in [0, 0.05) is 11.1 Å². The smallest absolute Gasteiger partial charge is 0.200 e. The van der Waals surface area contributed by atoms with Crippen LogP contribution >= 0.6 is 11.8 Å². The van der Waals surface area contributed by atoms with E-state index in [0.717, 1.165) is 15.7 Å². The van der Waals surface area contributed by atoms with Crippen molar-refractivity contribution < 1.29 is 4.74 Å². The first-order valence-corrected chi connectivity index (χ1v) is 6.51. The van der Waals surface area contributed by atoms with Gasteiger partial charge in [0.05, 0.1) is 12.8 Å². The highest BCUT2D eigenvalue weighted by atomic mass is 32.2. The van der Waals surface area contributed by atoms with Gasteiger partial charge in [0.1, 0.15) is 5.75 Å². The number of hydrogen-bond acceptors (Lipinski definition) is 5. The minimum absolute atomic E-state index is 0.623. The van der Waals surface area contributed by atoms with Crippen LogP contribution in [-0.2, 0) is 0 Å². The van der Waals surface area contributed by atoms with E-state index in [0.29, 0.717) is 11.4 Å². The maximum Gasteiger partial charge on any atom is 0.200 e. The van der Waals surface area contributed by atoms with Crippen LogP contribution in [0.25, 0.3) is 5.65 Å². The van der Waals surface area contributed by atoms with Crippen LogP contribution in [0.3, 0.4) is 0 Å². The molecule has 0 amide bonds. The summed E-state index contributed by atoms with van der Waals surface area (Å²) in [6.45, 7) is 0. The van der Waals surface area contributed by atoms with E-state index in [4.69, 9.17) is 10.5 Å².